The van der Waals surface area contributed by atoms with E-state index in [2.05, 4.69) is 10.1 Å². The van der Waals surface area contributed by atoms with Gasteiger partial charge >= 0.3 is 5.97 Å². The number of piperidine rings is 1. The maximum Gasteiger partial charge on any atom is 0.333 e. The Morgan fingerprint density at radius 1 is 1.46 bits per heavy atom. The zero-order chi connectivity index (χ0) is 9.68. The fraction of sp³-hybridized carbons (Fsp3) is 0.700. The third-order valence-corrected chi connectivity index (χ3v) is 2.38. The van der Waals surface area contributed by atoms with Gasteiger partial charge in [-0.2, -0.15) is 0 Å². The molecular weight excluding hydrogens is 166 g/mol. The molecule has 0 aromatic heterocycles. The van der Waals surface area contributed by atoms with Crippen LogP contribution in [-0.4, -0.2) is 26.2 Å². The quantitative estimate of drug-likeness (QED) is 0.514. The molecule has 0 saturated carbocycles. The van der Waals surface area contributed by atoms with Crippen molar-refractivity contribution in [1.29, 1.82) is 0 Å². The second kappa shape index (κ2) is 5.02. The van der Waals surface area contributed by atoms with Crippen LogP contribution in [0, 0.1) is 5.92 Å². The largest absolute Gasteiger partial charge is 0.466 e. The Kier molecular flexibility index (Phi) is 3.96. The lowest BCUT2D eigenvalue weighted by Crippen LogP contribution is -2.27. The standard InChI is InChI=1S/C10H17NO2/c1-8(10(12)13-2)7-9-3-5-11-6-4-9/h7,9,11H,3-6H2,1-2H3. The van der Waals surface area contributed by atoms with Gasteiger partial charge in [0.05, 0.1) is 7.11 Å². The van der Waals surface area contributed by atoms with Gasteiger partial charge in [-0.25, -0.2) is 4.79 Å². The van der Waals surface area contributed by atoms with Crippen LogP contribution in [0.15, 0.2) is 11.6 Å². The number of methoxy groups -OCH3 is 1. The first-order valence-electron chi connectivity index (χ1n) is 4.71. The maximum absolute atomic E-state index is 11.1. The SMILES string of the molecule is COC(=O)C(C)=CC1CCNCC1. The van der Waals surface area contributed by atoms with Crippen molar-refractivity contribution in [3.63, 3.8) is 0 Å². The van der Waals surface area contributed by atoms with Gasteiger partial charge in [-0.3, -0.25) is 0 Å². The molecule has 3 heteroatoms. The molecule has 1 N–H and O–H groups in total. The predicted octanol–water partition coefficient (Wildman–Crippen LogP) is 1.11. The Labute approximate surface area is 79.2 Å². The molecule has 0 radical (unpaired) electrons. The summed E-state index contributed by atoms with van der Waals surface area (Å²) in [6, 6.07) is 0. The van der Waals surface area contributed by atoms with E-state index in [0.29, 0.717) is 5.92 Å². The topological polar surface area (TPSA) is 38.3 Å². The van der Waals surface area contributed by atoms with Crippen molar-refractivity contribution in [3.05, 3.63) is 11.6 Å². The minimum absolute atomic E-state index is 0.210. The Balaban J connectivity index is 2.47. The van der Waals surface area contributed by atoms with Crippen LogP contribution in [0.5, 0.6) is 0 Å². The molecule has 0 amide bonds. The van der Waals surface area contributed by atoms with E-state index in [9.17, 15) is 4.79 Å². The number of allylic oxidation sites excluding steroid dienone is 1. The van der Waals surface area contributed by atoms with Crippen molar-refractivity contribution in [2.24, 2.45) is 5.92 Å². The smallest absolute Gasteiger partial charge is 0.333 e. The molecular formula is C10H17NO2. The van der Waals surface area contributed by atoms with Gasteiger partial charge < -0.3 is 10.1 Å². The minimum Gasteiger partial charge on any atom is -0.466 e. The summed E-state index contributed by atoms with van der Waals surface area (Å²) >= 11 is 0. The van der Waals surface area contributed by atoms with Crippen LogP contribution in [0.4, 0.5) is 0 Å². The molecule has 13 heavy (non-hydrogen) atoms. The number of carbonyl (C=O) groups excluding carboxylic acids is 1. The number of rotatable bonds is 2. The molecule has 1 fully saturated rings. The van der Waals surface area contributed by atoms with E-state index < -0.39 is 0 Å². The van der Waals surface area contributed by atoms with E-state index in [-0.39, 0.29) is 5.97 Å². The van der Waals surface area contributed by atoms with Gasteiger partial charge in [0.2, 0.25) is 0 Å². The van der Waals surface area contributed by atoms with Gasteiger partial charge in [0.15, 0.2) is 0 Å². The zero-order valence-electron chi connectivity index (χ0n) is 8.30. The molecule has 0 aromatic carbocycles. The van der Waals surface area contributed by atoms with Crippen molar-refractivity contribution in [3.8, 4) is 0 Å². The van der Waals surface area contributed by atoms with Crippen LogP contribution in [0.3, 0.4) is 0 Å². The highest BCUT2D eigenvalue weighted by Gasteiger charge is 2.12. The molecule has 0 atom stereocenters. The number of esters is 1. The number of carbonyl (C=O) groups is 1. The van der Waals surface area contributed by atoms with Crippen molar-refractivity contribution in [2.75, 3.05) is 20.2 Å². The monoisotopic (exact) mass is 183 g/mol. The molecule has 1 heterocycles. The first-order chi connectivity index (χ1) is 6.24. The molecule has 0 aliphatic carbocycles. The number of ether oxygens (including phenoxy) is 1. The number of hydrogen-bond donors (Lipinski definition) is 1. The molecule has 3 nitrogen and oxygen atoms in total. The van der Waals surface area contributed by atoms with Crippen LogP contribution in [-0.2, 0) is 9.53 Å². The molecule has 0 spiro atoms. The molecule has 74 valence electrons. The van der Waals surface area contributed by atoms with E-state index >= 15 is 0 Å². The van der Waals surface area contributed by atoms with Crippen molar-refractivity contribution >= 4 is 5.97 Å². The van der Waals surface area contributed by atoms with Gasteiger partial charge in [-0.1, -0.05) is 6.08 Å². The van der Waals surface area contributed by atoms with Crippen molar-refractivity contribution < 1.29 is 9.53 Å². The highest BCUT2D eigenvalue weighted by Crippen LogP contribution is 2.15. The van der Waals surface area contributed by atoms with E-state index in [4.69, 9.17) is 0 Å². The third-order valence-electron chi connectivity index (χ3n) is 2.38. The summed E-state index contributed by atoms with van der Waals surface area (Å²) < 4.78 is 4.63. The minimum atomic E-state index is -0.210. The lowest BCUT2D eigenvalue weighted by atomic mass is 9.96. The fourth-order valence-electron chi connectivity index (χ4n) is 1.59. The molecule has 1 aliphatic heterocycles. The summed E-state index contributed by atoms with van der Waals surface area (Å²) in [6.07, 6.45) is 4.27. The van der Waals surface area contributed by atoms with E-state index in [1.165, 1.54) is 7.11 Å². The molecule has 1 saturated heterocycles. The van der Waals surface area contributed by atoms with Crippen molar-refractivity contribution in [2.45, 2.75) is 19.8 Å². The van der Waals surface area contributed by atoms with E-state index in [0.717, 1.165) is 31.5 Å². The lowest BCUT2D eigenvalue weighted by Gasteiger charge is -2.19. The van der Waals surface area contributed by atoms with Crippen LogP contribution in [0.25, 0.3) is 0 Å². The first kappa shape index (κ1) is 10.3. The summed E-state index contributed by atoms with van der Waals surface area (Å²) in [5.41, 5.74) is 0.731. The molecule has 0 bridgehead atoms. The Morgan fingerprint density at radius 3 is 2.62 bits per heavy atom. The summed E-state index contributed by atoms with van der Waals surface area (Å²) in [6.45, 7) is 3.92. The molecule has 0 aromatic rings. The fourth-order valence-corrected chi connectivity index (χ4v) is 1.59. The first-order valence-corrected chi connectivity index (χ1v) is 4.71. The second-order valence-corrected chi connectivity index (χ2v) is 3.43. The average Bonchev–Trinajstić information content (AvgIpc) is 2.18. The lowest BCUT2D eigenvalue weighted by molar-refractivity contribution is -0.136. The molecule has 0 unspecified atom stereocenters. The maximum atomic E-state index is 11.1. The molecule has 1 rings (SSSR count). The Morgan fingerprint density at radius 2 is 2.08 bits per heavy atom. The summed E-state index contributed by atoms with van der Waals surface area (Å²) in [7, 11) is 1.42. The number of nitrogens with one attached hydrogen (secondary N) is 1. The van der Waals surface area contributed by atoms with Gasteiger partial charge in [0, 0.05) is 5.57 Å². The Bertz CT molecular complexity index is 205. The van der Waals surface area contributed by atoms with Gasteiger partial charge in [0.25, 0.3) is 0 Å². The summed E-state index contributed by atoms with van der Waals surface area (Å²) in [4.78, 5) is 11.1. The normalized spacial score (nSPS) is 20.0. The van der Waals surface area contributed by atoms with Gasteiger partial charge in [-0.15, -0.1) is 0 Å². The predicted molar refractivity (Wildman–Crippen MR) is 51.4 cm³/mol. The summed E-state index contributed by atoms with van der Waals surface area (Å²) in [5.74, 6) is 0.332. The van der Waals surface area contributed by atoms with Crippen LogP contribution < -0.4 is 5.32 Å². The van der Waals surface area contributed by atoms with Crippen LogP contribution >= 0.6 is 0 Å². The van der Waals surface area contributed by atoms with Gasteiger partial charge in [0.1, 0.15) is 0 Å². The number of hydrogen-bond acceptors (Lipinski definition) is 3. The van der Waals surface area contributed by atoms with E-state index in [1.807, 2.05) is 13.0 Å². The second-order valence-electron chi connectivity index (χ2n) is 3.43. The highest BCUT2D eigenvalue weighted by atomic mass is 16.5. The highest BCUT2D eigenvalue weighted by molar-refractivity contribution is 5.87. The Hall–Kier alpha value is -0.830. The third kappa shape index (κ3) is 3.19. The van der Waals surface area contributed by atoms with Crippen LogP contribution in [0.2, 0.25) is 0 Å². The van der Waals surface area contributed by atoms with Gasteiger partial charge in [-0.05, 0) is 38.8 Å². The summed E-state index contributed by atoms with van der Waals surface area (Å²) in [5, 5.41) is 3.29. The zero-order valence-corrected chi connectivity index (χ0v) is 8.30. The average molecular weight is 183 g/mol. The molecule has 1 aliphatic rings. The van der Waals surface area contributed by atoms with E-state index in [1.54, 1.807) is 0 Å². The van der Waals surface area contributed by atoms with Crippen molar-refractivity contribution in [1.82, 2.24) is 5.32 Å². The van der Waals surface area contributed by atoms with Crippen LogP contribution in [0.1, 0.15) is 19.8 Å².